The van der Waals surface area contributed by atoms with E-state index >= 15 is 0 Å². The number of rotatable bonds is 2. The van der Waals surface area contributed by atoms with Crippen molar-refractivity contribution < 1.29 is 9.59 Å². The highest BCUT2D eigenvalue weighted by molar-refractivity contribution is 5.97. The van der Waals surface area contributed by atoms with Crippen LogP contribution in [0.4, 0.5) is 0 Å². The molecule has 0 spiro atoms. The van der Waals surface area contributed by atoms with Crippen LogP contribution < -0.4 is 0 Å². The van der Waals surface area contributed by atoms with Gasteiger partial charge in [0.25, 0.3) is 5.91 Å². The molecule has 2 heterocycles. The van der Waals surface area contributed by atoms with E-state index in [-0.39, 0.29) is 23.8 Å². The molecule has 0 aliphatic carbocycles. The Morgan fingerprint density at radius 2 is 1.72 bits per heavy atom. The van der Waals surface area contributed by atoms with Crippen molar-refractivity contribution >= 4 is 11.7 Å². The molecule has 0 radical (unpaired) electrons. The number of aromatic nitrogens is 1. The molecule has 1 aliphatic rings. The van der Waals surface area contributed by atoms with Crippen molar-refractivity contribution in [2.45, 2.75) is 52.1 Å². The molecule has 2 unspecified atom stereocenters. The lowest BCUT2D eigenvalue weighted by Gasteiger charge is -2.38. The number of carbonyl (C=O) groups is 2. The van der Waals surface area contributed by atoms with E-state index < -0.39 is 0 Å². The Morgan fingerprint density at radius 1 is 1.17 bits per heavy atom. The highest BCUT2D eigenvalue weighted by Crippen LogP contribution is 2.24. The fourth-order valence-electron chi connectivity index (χ4n) is 2.69. The minimum Gasteiger partial charge on any atom is -0.348 e. The number of nitrogens with one attached hydrogen (secondary N) is 1. The summed E-state index contributed by atoms with van der Waals surface area (Å²) in [5, 5.41) is 0. The highest BCUT2D eigenvalue weighted by Gasteiger charge is 2.30. The van der Waals surface area contributed by atoms with E-state index in [1.165, 1.54) is 13.3 Å². The summed E-state index contributed by atoms with van der Waals surface area (Å²) in [5.41, 5.74) is 1.01. The molecule has 98 valence electrons. The number of amides is 1. The second-order valence-corrected chi connectivity index (χ2v) is 5.18. The van der Waals surface area contributed by atoms with Crippen molar-refractivity contribution in [3.8, 4) is 0 Å². The second-order valence-electron chi connectivity index (χ2n) is 5.18. The van der Waals surface area contributed by atoms with E-state index in [1.54, 1.807) is 12.1 Å². The Balaban J connectivity index is 2.21. The second kappa shape index (κ2) is 4.96. The van der Waals surface area contributed by atoms with E-state index in [0.717, 1.165) is 12.8 Å². The first-order chi connectivity index (χ1) is 8.50. The zero-order chi connectivity index (χ0) is 13.3. The van der Waals surface area contributed by atoms with Gasteiger partial charge in [-0.3, -0.25) is 9.59 Å². The molecule has 4 heteroatoms. The topological polar surface area (TPSA) is 53.2 Å². The van der Waals surface area contributed by atoms with Crippen LogP contribution in [0.25, 0.3) is 0 Å². The molecule has 1 amide bonds. The zero-order valence-corrected chi connectivity index (χ0v) is 11.2. The summed E-state index contributed by atoms with van der Waals surface area (Å²) in [5.74, 6) is -0.0454. The number of hydrogen-bond acceptors (Lipinski definition) is 2. The Hall–Kier alpha value is -1.58. The van der Waals surface area contributed by atoms with Crippen LogP contribution in [0.15, 0.2) is 12.1 Å². The number of Topliss-reactive ketones (excluding diaryl/α,β-unsaturated/α-hetero) is 1. The van der Waals surface area contributed by atoms with Crippen molar-refractivity contribution in [1.82, 2.24) is 9.88 Å². The predicted octanol–water partition coefficient (Wildman–Crippen LogP) is 2.62. The Labute approximate surface area is 107 Å². The molecule has 1 saturated heterocycles. The van der Waals surface area contributed by atoms with Crippen molar-refractivity contribution in [2.75, 3.05) is 0 Å². The SMILES string of the molecule is CC(=O)c1ccc(C(=O)N2C(C)CCCC2C)[nH]1. The molecule has 4 nitrogen and oxygen atoms in total. The van der Waals surface area contributed by atoms with E-state index in [2.05, 4.69) is 18.8 Å². The summed E-state index contributed by atoms with van der Waals surface area (Å²) in [4.78, 5) is 28.5. The summed E-state index contributed by atoms with van der Waals surface area (Å²) >= 11 is 0. The number of aromatic amines is 1. The maximum atomic E-state index is 12.4. The molecule has 18 heavy (non-hydrogen) atoms. The van der Waals surface area contributed by atoms with Crippen molar-refractivity contribution in [1.29, 1.82) is 0 Å². The van der Waals surface area contributed by atoms with Crippen molar-refractivity contribution in [3.05, 3.63) is 23.5 Å². The third kappa shape index (κ3) is 2.33. The Bertz CT molecular complexity index is 454. The monoisotopic (exact) mass is 248 g/mol. The molecule has 1 aromatic rings. The molecule has 1 aliphatic heterocycles. The molecule has 1 aromatic heterocycles. The molecule has 1 fully saturated rings. The lowest BCUT2D eigenvalue weighted by molar-refractivity contribution is 0.0505. The lowest BCUT2D eigenvalue weighted by Crippen LogP contribution is -2.47. The van der Waals surface area contributed by atoms with Gasteiger partial charge in [0.2, 0.25) is 0 Å². The number of H-pyrrole nitrogens is 1. The highest BCUT2D eigenvalue weighted by atomic mass is 16.2. The molecular weight excluding hydrogens is 228 g/mol. The van der Waals surface area contributed by atoms with E-state index in [1.807, 2.05) is 4.90 Å². The van der Waals surface area contributed by atoms with Crippen LogP contribution in [0, 0.1) is 0 Å². The van der Waals surface area contributed by atoms with Gasteiger partial charge < -0.3 is 9.88 Å². The van der Waals surface area contributed by atoms with Gasteiger partial charge in [-0.2, -0.15) is 0 Å². The first-order valence-corrected chi connectivity index (χ1v) is 6.53. The molecule has 0 bridgehead atoms. The van der Waals surface area contributed by atoms with Crippen LogP contribution >= 0.6 is 0 Å². The Morgan fingerprint density at radius 3 is 2.22 bits per heavy atom. The molecular formula is C14H20N2O2. The first kappa shape index (κ1) is 12.9. The maximum Gasteiger partial charge on any atom is 0.270 e. The summed E-state index contributed by atoms with van der Waals surface area (Å²) in [6, 6.07) is 3.91. The van der Waals surface area contributed by atoms with Gasteiger partial charge in [-0.1, -0.05) is 0 Å². The number of carbonyl (C=O) groups excluding carboxylic acids is 2. The number of hydrogen-bond donors (Lipinski definition) is 1. The van der Waals surface area contributed by atoms with Crippen LogP contribution in [0.5, 0.6) is 0 Å². The van der Waals surface area contributed by atoms with Crippen molar-refractivity contribution in [2.24, 2.45) is 0 Å². The zero-order valence-electron chi connectivity index (χ0n) is 11.2. The smallest absolute Gasteiger partial charge is 0.270 e. The van der Waals surface area contributed by atoms with Gasteiger partial charge >= 0.3 is 0 Å². The largest absolute Gasteiger partial charge is 0.348 e. The average Bonchev–Trinajstić information content (AvgIpc) is 2.77. The molecule has 2 atom stereocenters. The van der Waals surface area contributed by atoms with E-state index in [0.29, 0.717) is 11.4 Å². The third-order valence-corrected chi connectivity index (χ3v) is 3.72. The van der Waals surface area contributed by atoms with Crippen LogP contribution in [0.1, 0.15) is 61.0 Å². The predicted molar refractivity (Wildman–Crippen MR) is 69.7 cm³/mol. The summed E-state index contributed by atoms with van der Waals surface area (Å²) in [6.07, 6.45) is 3.28. The molecule has 1 N–H and O–H groups in total. The standard InChI is InChI=1S/C14H20N2O2/c1-9-5-4-6-10(2)16(9)14(18)13-8-7-12(15-13)11(3)17/h7-10,15H,4-6H2,1-3H3. The third-order valence-electron chi connectivity index (χ3n) is 3.72. The van der Waals surface area contributed by atoms with Gasteiger partial charge in [-0.05, 0) is 45.2 Å². The molecule has 2 rings (SSSR count). The van der Waals surface area contributed by atoms with E-state index in [4.69, 9.17) is 0 Å². The van der Waals surface area contributed by atoms with Gasteiger partial charge in [0, 0.05) is 19.0 Å². The van der Waals surface area contributed by atoms with Gasteiger partial charge in [0.05, 0.1) is 5.69 Å². The normalized spacial score (nSPS) is 24.1. The summed E-state index contributed by atoms with van der Waals surface area (Å²) in [7, 11) is 0. The Kier molecular flexibility index (Phi) is 3.55. The van der Waals surface area contributed by atoms with Crippen LogP contribution in [0.3, 0.4) is 0 Å². The summed E-state index contributed by atoms with van der Waals surface area (Å²) in [6.45, 7) is 5.66. The minimum atomic E-state index is -0.0474. The van der Waals surface area contributed by atoms with Crippen LogP contribution in [0.2, 0.25) is 0 Å². The van der Waals surface area contributed by atoms with Crippen LogP contribution in [-0.2, 0) is 0 Å². The van der Waals surface area contributed by atoms with Crippen molar-refractivity contribution in [3.63, 3.8) is 0 Å². The fourth-order valence-corrected chi connectivity index (χ4v) is 2.69. The van der Waals surface area contributed by atoms with Gasteiger partial charge in [-0.15, -0.1) is 0 Å². The molecule has 0 aromatic carbocycles. The fraction of sp³-hybridized carbons (Fsp3) is 0.571. The number of likely N-dealkylation sites (tertiary alicyclic amines) is 1. The number of ketones is 1. The average molecular weight is 248 g/mol. The number of nitrogens with zero attached hydrogens (tertiary/aromatic N) is 1. The quantitative estimate of drug-likeness (QED) is 0.818. The summed E-state index contributed by atoms with van der Waals surface area (Å²) < 4.78 is 0. The van der Waals surface area contributed by atoms with E-state index in [9.17, 15) is 9.59 Å². The van der Waals surface area contributed by atoms with Gasteiger partial charge in [0.15, 0.2) is 5.78 Å². The van der Waals surface area contributed by atoms with Crippen LogP contribution in [-0.4, -0.2) is 33.7 Å². The molecule has 0 saturated carbocycles. The minimum absolute atomic E-state index is 0.00204. The maximum absolute atomic E-state index is 12.4. The van der Waals surface area contributed by atoms with Gasteiger partial charge in [0.1, 0.15) is 5.69 Å². The first-order valence-electron chi connectivity index (χ1n) is 6.53. The lowest BCUT2D eigenvalue weighted by atomic mass is 9.97. The number of piperidine rings is 1. The van der Waals surface area contributed by atoms with Gasteiger partial charge in [-0.25, -0.2) is 0 Å².